The first-order valence-corrected chi connectivity index (χ1v) is 6.92. The van der Waals surface area contributed by atoms with Crippen LogP contribution in [0.25, 0.3) is 0 Å². The first kappa shape index (κ1) is 13.8. The van der Waals surface area contributed by atoms with E-state index in [0.717, 1.165) is 32.4 Å². The second-order valence-corrected chi connectivity index (χ2v) is 5.60. The second kappa shape index (κ2) is 5.57. The molecular formula is C16H16BrNO. The van der Waals surface area contributed by atoms with Crippen molar-refractivity contribution in [3.8, 4) is 0 Å². The summed E-state index contributed by atoms with van der Waals surface area (Å²) in [6.07, 6.45) is 0. The topological polar surface area (TPSA) is 29.1 Å². The van der Waals surface area contributed by atoms with E-state index in [-0.39, 0.29) is 5.91 Å². The van der Waals surface area contributed by atoms with Gasteiger partial charge in [0.15, 0.2) is 0 Å². The van der Waals surface area contributed by atoms with Crippen LogP contribution < -0.4 is 5.32 Å². The third-order valence-corrected chi connectivity index (χ3v) is 3.65. The van der Waals surface area contributed by atoms with Crippen LogP contribution in [0.4, 0.5) is 5.69 Å². The van der Waals surface area contributed by atoms with Crippen LogP contribution in [0.5, 0.6) is 0 Å². The van der Waals surface area contributed by atoms with Gasteiger partial charge in [-0.1, -0.05) is 40.2 Å². The molecule has 0 heterocycles. The molecular weight excluding hydrogens is 302 g/mol. The lowest BCUT2D eigenvalue weighted by atomic mass is 10.0. The zero-order chi connectivity index (χ0) is 14.0. The normalized spacial score (nSPS) is 10.3. The third kappa shape index (κ3) is 3.04. The van der Waals surface area contributed by atoms with Crippen molar-refractivity contribution in [3.05, 3.63) is 63.1 Å². The summed E-state index contributed by atoms with van der Waals surface area (Å²) in [4.78, 5) is 12.4. The lowest BCUT2D eigenvalue weighted by Gasteiger charge is -2.12. The fraction of sp³-hybridized carbons (Fsp3) is 0.188. The van der Waals surface area contributed by atoms with Gasteiger partial charge in [0.05, 0.1) is 0 Å². The molecule has 1 amide bonds. The van der Waals surface area contributed by atoms with Crippen molar-refractivity contribution < 1.29 is 4.79 Å². The Hall–Kier alpha value is -1.61. The summed E-state index contributed by atoms with van der Waals surface area (Å²) in [5.74, 6) is -0.0585. The Morgan fingerprint density at radius 2 is 1.63 bits per heavy atom. The molecule has 0 bridgehead atoms. The van der Waals surface area contributed by atoms with Gasteiger partial charge < -0.3 is 5.32 Å². The van der Waals surface area contributed by atoms with Gasteiger partial charge in [0.1, 0.15) is 0 Å². The lowest BCUT2D eigenvalue weighted by molar-refractivity contribution is 0.102. The van der Waals surface area contributed by atoms with Crippen molar-refractivity contribution in [2.45, 2.75) is 20.8 Å². The number of rotatable bonds is 2. The molecule has 0 aliphatic carbocycles. The number of amides is 1. The van der Waals surface area contributed by atoms with Crippen molar-refractivity contribution in [3.63, 3.8) is 0 Å². The quantitative estimate of drug-likeness (QED) is 0.859. The van der Waals surface area contributed by atoms with E-state index in [1.165, 1.54) is 0 Å². The molecule has 0 aromatic heterocycles. The zero-order valence-electron chi connectivity index (χ0n) is 11.3. The highest BCUT2D eigenvalue weighted by molar-refractivity contribution is 9.10. The van der Waals surface area contributed by atoms with Gasteiger partial charge in [0, 0.05) is 15.7 Å². The Bertz CT molecular complexity index is 614. The van der Waals surface area contributed by atoms with E-state index in [4.69, 9.17) is 0 Å². The van der Waals surface area contributed by atoms with Crippen LogP contribution in [0.2, 0.25) is 0 Å². The summed E-state index contributed by atoms with van der Waals surface area (Å²) < 4.78 is 0.954. The van der Waals surface area contributed by atoms with E-state index in [2.05, 4.69) is 21.2 Å². The summed E-state index contributed by atoms with van der Waals surface area (Å²) >= 11 is 3.42. The van der Waals surface area contributed by atoms with Crippen LogP contribution >= 0.6 is 15.9 Å². The molecule has 98 valence electrons. The first-order chi connectivity index (χ1) is 8.99. The molecule has 0 radical (unpaired) electrons. The molecule has 1 N–H and O–H groups in total. The van der Waals surface area contributed by atoms with Gasteiger partial charge in [-0.2, -0.15) is 0 Å². The number of hydrogen-bond acceptors (Lipinski definition) is 1. The molecule has 0 atom stereocenters. The number of carbonyl (C=O) groups excluding carboxylic acids is 1. The maximum absolute atomic E-state index is 12.4. The van der Waals surface area contributed by atoms with Gasteiger partial charge in [0.2, 0.25) is 0 Å². The van der Waals surface area contributed by atoms with E-state index < -0.39 is 0 Å². The standard InChI is InChI=1S/C16H16BrNO/c1-10-7-8-13(17)9-14(10)18-16(19)15-11(2)5-4-6-12(15)3/h4-9H,1-3H3,(H,18,19). The Labute approximate surface area is 122 Å². The van der Waals surface area contributed by atoms with E-state index >= 15 is 0 Å². The molecule has 0 saturated carbocycles. The number of carbonyl (C=O) groups is 1. The lowest BCUT2D eigenvalue weighted by Crippen LogP contribution is -2.15. The van der Waals surface area contributed by atoms with Gasteiger partial charge in [-0.05, 0) is 49.6 Å². The average Bonchev–Trinajstić information content (AvgIpc) is 2.33. The fourth-order valence-electron chi connectivity index (χ4n) is 2.09. The molecule has 19 heavy (non-hydrogen) atoms. The van der Waals surface area contributed by atoms with Crippen LogP contribution in [0, 0.1) is 20.8 Å². The van der Waals surface area contributed by atoms with Crippen LogP contribution in [-0.2, 0) is 0 Å². The van der Waals surface area contributed by atoms with E-state index in [0.29, 0.717) is 0 Å². The number of anilines is 1. The summed E-state index contributed by atoms with van der Waals surface area (Å²) in [7, 11) is 0. The Morgan fingerprint density at radius 3 is 2.26 bits per heavy atom. The predicted octanol–water partition coefficient (Wildman–Crippen LogP) is 4.63. The van der Waals surface area contributed by atoms with Crippen molar-refractivity contribution in [1.82, 2.24) is 0 Å². The van der Waals surface area contributed by atoms with Crippen LogP contribution in [0.15, 0.2) is 40.9 Å². The number of aryl methyl sites for hydroxylation is 3. The van der Waals surface area contributed by atoms with Crippen molar-refractivity contribution in [2.24, 2.45) is 0 Å². The Balaban J connectivity index is 2.34. The molecule has 2 aromatic carbocycles. The average molecular weight is 318 g/mol. The SMILES string of the molecule is Cc1ccc(Br)cc1NC(=O)c1c(C)cccc1C. The van der Waals surface area contributed by atoms with Gasteiger partial charge in [0.25, 0.3) is 5.91 Å². The monoisotopic (exact) mass is 317 g/mol. The largest absolute Gasteiger partial charge is 0.322 e. The Morgan fingerprint density at radius 1 is 1.00 bits per heavy atom. The molecule has 3 heteroatoms. The Kier molecular flexibility index (Phi) is 4.05. The third-order valence-electron chi connectivity index (χ3n) is 3.16. The smallest absolute Gasteiger partial charge is 0.256 e. The minimum Gasteiger partial charge on any atom is -0.322 e. The van der Waals surface area contributed by atoms with Crippen molar-refractivity contribution in [2.75, 3.05) is 5.32 Å². The van der Waals surface area contributed by atoms with Gasteiger partial charge >= 0.3 is 0 Å². The molecule has 2 aromatic rings. The molecule has 0 unspecified atom stereocenters. The molecule has 0 aliphatic heterocycles. The van der Waals surface area contributed by atoms with E-state index in [1.807, 2.05) is 57.2 Å². The fourth-order valence-corrected chi connectivity index (χ4v) is 2.45. The summed E-state index contributed by atoms with van der Waals surface area (Å²) in [5, 5.41) is 2.98. The van der Waals surface area contributed by atoms with Gasteiger partial charge in [-0.15, -0.1) is 0 Å². The minimum atomic E-state index is -0.0585. The van der Waals surface area contributed by atoms with E-state index in [1.54, 1.807) is 0 Å². The molecule has 0 fully saturated rings. The number of hydrogen-bond donors (Lipinski definition) is 1. The van der Waals surface area contributed by atoms with Crippen LogP contribution in [0.3, 0.4) is 0 Å². The van der Waals surface area contributed by atoms with Gasteiger partial charge in [-0.25, -0.2) is 0 Å². The van der Waals surface area contributed by atoms with Crippen LogP contribution in [-0.4, -0.2) is 5.91 Å². The first-order valence-electron chi connectivity index (χ1n) is 6.13. The molecule has 2 rings (SSSR count). The number of nitrogens with one attached hydrogen (secondary N) is 1. The van der Waals surface area contributed by atoms with E-state index in [9.17, 15) is 4.79 Å². The molecule has 0 saturated heterocycles. The van der Waals surface area contributed by atoms with Gasteiger partial charge in [-0.3, -0.25) is 4.79 Å². The zero-order valence-corrected chi connectivity index (χ0v) is 12.8. The highest BCUT2D eigenvalue weighted by atomic mass is 79.9. The number of halogens is 1. The maximum atomic E-state index is 12.4. The van der Waals surface area contributed by atoms with Crippen molar-refractivity contribution in [1.29, 1.82) is 0 Å². The van der Waals surface area contributed by atoms with Crippen LogP contribution in [0.1, 0.15) is 27.0 Å². The maximum Gasteiger partial charge on any atom is 0.256 e. The van der Waals surface area contributed by atoms with Crippen molar-refractivity contribution >= 4 is 27.5 Å². The predicted molar refractivity (Wildman–Crippen MR) is 82.7 cm³/mol. The minimum absolute atomic E-state index is 0.0585. The molecule has 0 aliphatic rings. The number of benzene rings is 2. The molecule has 2 nitrogen and oxygen atoms in total. The summed E-state index contributed by atoms with van der Waals surface area (Å²) in [6, 6.07) is 11.7. The highest BCUT2D eigenvalue weighted by Gasteiger charge is 2.13. The molecule has 0 spiro atoms. The highest BCUT2D eigenvalue weighted by Crippen LogP contribution is 2.22. The summed E-state index contributed by atoms with van der Waals surface area (Å²) in [6.45, 7) is 5.89. The second-order valence-electron chi connectivity index (χ2n) is 4.68. The summed E-state index contributed by atoms with van der Waals surface area (Å²) in [5.41, 5.74) is 4.61.